The SMILES string of the molecule is CCC(CCCC1CCC2C3CC=C4CC(OC(=O)CCCC(=O)N(CCCCNCCC(N)(CC)CC)CCC(N)(CC)CC)CCC4(C)C3CCC12C)C(C)C. The first-order valence-electron chi connectivity index (χ1n) is 25.1. The van der Waals surface area contributed by atoms with E-state index in [0.717, 1.165) is 126 Å². The molecule has 0 heterocycles. The van der Waals surface area contributed by atoms with Crippen molar-refractivity contribution in [1.82, 2.24) is 10.2 Å². The first kappa shape index (κ1) is 49.2. The van der Waals surface area contributed by atoms with E-state index in [1.165, 1.54) is 57.8 Å². The zero-order chi connectivity index (χ0) is 42.6. The Bertz CT molecular complexity index is 1290. The largest absolute Gasteiger partial charge is 0.462 e. The summed E-state index contributed by atoms with van der Waals surface area (Å²) >= 11 is 0. The second-order valence-electron chi connectivity index (χ2n) is 21.1. The summed E-state index contributed by atoms with van der Waals surface area (Å²) in [5.41, 5.74) is 15.2. The minimum atomic E-state index is -0.246. The van der Waals surface area contributed by atoms with Crippen molar-refractivity contribution < 1.29 is 14.3 Å². The number of carbonyl (C=O) groups is 2. The van der Waals surface area contributed by atoms with E-state index < -0.39 is 0 Å². The van der Waals surface area contributed by atoms with Gasteiger partial charge in [0.2, 0.25) is 5.91 Å². The van der Waals surface area contributed by atoms with Gasteiger partial charge in [0.15, 0.2) is 0 Å². The topological polar surface area (TPSA) is 111 Å². The lowest BCUT2D eigenvalue weighted by Crippen LogP contribution is -2.50. The highest BCUT2D eigenvalue weighted by molar-refractivity contribution is 5.77. The van der Waals surface area contributed by atoms with Crippen molar-refractivity contribution in [1.29, 1.82) is 0 Å². The van der Waals surface area contributed by atoms with Gasteiger partial charge in [0.1, 0.15) is 6.10 Å². The maximum Gasteiger partial charge on any atom is 0.306 e. The normalized spacial score (nSPS) is 29.0. The van der Waals surface area contributed by atoms with Crippen LogP contribution in [-0.2, 0) is 14.3 Å². The predicted octanol–water partition coefficient (Wildman–Crippen LogP) is 11.5. The summed E-state index contributed by atoms with van der Waals surface area (Å²) in [6.07, 6.45) is 26.8. The van der Waals surface area contributed by atoms with Crippen LogP contribution >= 0.6 is 0 Å². The molecule has 3 fully saturated rings. The summed E-state index contributed by atoms with van der Waals surface area (Å²) < 4.78 is 6.17. The molecule has 3 saturated carbocycles. The van der Waals surface area contributed by atoms with Crippen molar-refractivity contribution in [3.05, 3.63) is 11.6 Å². The average molecular weight is 811 g/mol. The number of nitrogens with two attached hydrogens (primary N) is 2. The quantitative estimate of drug-likeness (QED) is 0.0456. The summed E-state index contributed by atoms with van der Waals surface area (Å²) in [4.78, 5) is 28.8. The van der Waals surface area contributed by atoms with Gasteiger partial charge in [-0.3, -0.25) is 9.59 Å². The number of esters is 1. The van der Waals surface area contributed by atoms with Crippen LogP contribution in [-0.4, -0.2) is 60.1 Å². The molecule has 8 atom stereocenters. The lowest BCUT2D eigenvalue weighted by atomic mass is 9.47. The lowest BCUT2D eigenvalue weighted by molar-refractivity contribution is -0.151. The maximum absolute atomic E-state index is 13.6. The van der Waals surface area contributed by atoms with Crippen molar-refractivity contribution in [3.8, 4) is 0 Å². The fraction of sp³-hybridized carbons (Fsp3) is 0.922. The summed E-state index contributed by atoms with van der Waals surface area (Å²) in [6.45, 7) is 24.3. The van der Waals surface area contributed by atoms with Gasteiger partial charge in [-0.05, 0) is 169 Å². The third-order valence-electron chi connectivity index (χ3n) is 17.8. The fourth-order valence-corrected chi connectivity index (χ4v) is 12.7. The Labute approximate surface area is 358 Å². The van der Waals surface area contributed by atoms with Gasteiger partial charge in [-0.2, -0.15) is 0 Å². The second-order valence-corrected chi connectivity index (χ2v) is 21.1. The number of hydrogen-bond donors (Lipinski definition) is 3. The van der Waals surface area contributed by atoms with E-state index in [0.29, 0.717) is 31.2 Å². The molecule has 7 nitrogen and oxygen atoms in total. The number of hydrogen-bond acceptors (Lipinski definition) is 6. The van der Waals surface area contributed by atoms with Crippen LogP contribution in [0.15, 0.2) is 11.6 Å². The van der Waals surface area contributed by atoms with Crippen molar-refractivity contribution in [2.24, 2.45) is 57.8 Å². The van der Waals surface area contributed by atoms with Crippen molar-refractivity contribution >= 4 is 11.9 Å². The molecule has 8 unspecified atom stereocenters. The van der Waals surface area contributed by atoms with Gasteiger partial charge >= 0.3 is 5.97 Å². The number of nitrogens with zero attached hydrogens (tertiary/aromatic N) is 1. The van der Waals surface area contributed by atoms with Crippen LogP contribution in [0.4, 0.5) is 0 Å². The molecule has 1 amide bonds. The average Bonchev–Trinajstić information content (AvgIpc) is 3.55. The molecular weight excluding hydrogens is 717 g/mol. The molecule has 4 aliphatic rings. The van der Waals surface area contributed by atoms with Crippen LogP contribution in [0.2, 0.25) is 0 Å². The minimum absolute atomic E-state index is 0.0299. The second kappa shape index (κ2) is 22.6. The van der Waals surface area contributed by atoms with Gasteiger partial charge in [0, 0.05) is 43.4 Å². The zero-order valence-electron chi connectivity index (χ0n) is 39.5. The number of fused-ring (bicyclic) bond motifs is 5. The number of unbranched alkanes of at least 4 members (excludes halogenated alkanes) is 1. The molecule has 4 aliphatic carbocycles. The molecule has 5 N–H and O–H groups in total. The van der Waals surface area contributed by atoms with Gasteiger partial charge in [0.25, 0.3) is 0 Å². The summed E-state index contributed by atoms with van der Waals surface area (Å²) in [6, 6.07) is 0. The fourth-order valence-electron chi connectivity index (χ4n) is 12.7. The standard InChI is InChI=1S/C51H94N4O3/c1-10-39(38(6)7)19-17-20-40-24-26-44-43-25-23-41-37-42(27-29-49(41,9)45(43)28-30-48(40,44)8)58-47(57)22-18-21-46(56)55(36-32-51(53,13-4)14-5)35-16-15-33-54-34-31-50(52,11-2)12-3/h23,38-40,42-45,54H,10-22,24-37,52-53H2,1-9H3. The summed E-state index contributed by atoms with van der Waals surface area (Å²) in [5, 5.41) is 3.56. The summed E-state index contributed by atoms with van der Waals surface area (Å²) in [5.74, 6) is 5.06. The first-order chi connectivity index (χ1) is 27.6. The molecule has 0 bridgehead atoms. The predicted molar refractivity (Wildman–Crippen MR) is 244 cm³/mol. The number of rotatable bonds is 26. The molecule has 0 spiro atoms. The Morgan fingerprint density at radius 1 is 0.845 bits per heavy atom. The molecule has 0 saturated heterocycles. The van der Waals surface area contributed by atoms with Gasteiger partial charge < -0.3 is 26.4 Å². The Balaban J connectivity index is 1.22. The minimum Gasteiger partial charge on any atom is -0.462 e. The number of ether oxygens (including phenoxy) is 1. The first-order valence-corrected chi connectivity index (χ1v) is 25.1. The molecule has 336 valence electrons. The number of carbonyl (C=O) groups excluding carboxylic acids is 2. The number of amides is 1. The van der Waals surface area contributed by atoms with Crippen molar-refractivity contribution in [2.45, 2.75) is 227 Å². The molecule has 58 heavy (non-hydrogen) atoms. The summed E-state index contributed by atoms with van der Waals surface area (Å²) in [7, 11) is 0. The Morgan fingerprint density at radius 3 is 2.22 bits per heavy atom. The van der Waals surface area contributed by atoms with Gasteiger partial charge in [-0.25, -0.2) is 0 Å². The Hall–Kier alpha value is -1.44. The van der Waals surface area contributed by atoms with Gasteiger partial charge in [0.05, 0.1) is 0 Å². The molecule has 4 rings (SSSR count). The Morgan fingerprint density at radius 2 is 1.55 bits per heavy atom. The number of nitrogens with one attached hydrogen (secondary N) is 1. The van der Waals surface area contributed by atoms with Crippen LogP contribution in [0.3, 0.4) is 0 Å². The van der Waals surface area contributed by atoms with Gasteiger partial charge in [-0.15, -0.1) is 0 Å². The zero-order valence-corrected chi connectivity index (χ0v) is 39.5. The molecule has 0 aromatic rings. The molecule has 0 aliphatic heterocycles. The van der Waals surface area contributed by atoms with Crippen LogP contribution in [0, 0.1) is 46.3 Å². The van der Waals surface area contributed by atoms with Gasteiger partial charge in [-0.1, -0.05) is 93.2 Å². The van der Waals surface area contributed by atoms with E-state index in [1.54, 1.807) is 5.57 Å². The van der Waals surface area contributed by atoms with E-state index >= 15 is 0 Å². The Kier molecular flexibility index (Phi) is 19.2. The highest BCUT2D eigenvalue weighted by atomic mass is 16.5. The third-order valence-corrected chi connectivity index (χ3v) is 17.8. The monoisotopic (exact) mass is 811 g/mol. The van der Waals surface area contributed by atoms with Crippen LogP contribution in [0.5, 0.6) is 0 Å². The van der Waals surface area contributed by atoms with E-state index in [2.05, 4.69) is 73.7 Å². The molecule has 0 aromatic heterocycles. The van der Waals surface area contributed by atoms with Crippen molar-refractivity contribution in [2.75, 3.05) is 26.2 Å². The lowest BCUT2D eigenvalue weighted by Gasteiger charge is -2.58. The molecule has 0 radical (unpaired) electrons. The maximum atomic E-state index is 13.6. The highest BCUT2D eigenvalue weighted by Gasteiger charge is 2.58. The third kappa shape index (κ3) is 12.6. The molecular formula is C51H94N4O3. The van der Waals surface area contributed by atoms with Crippen LogP contribution in [0.25, 0.3) is 0 Å². The van der Waals surface area contributed by atoms with E-state index in [4.69, 9.17) is 16.2 Å². The van der Waals surface area contributed by atoms with Crippen LogP contribution < -0.4 is 16.8 Å². The van der Waals surface area contributed by atoms with E-state index in [1.807, 2.05) is 4.90 Å². The van der Waals surface area contributed by atoms with Crippen molar-refractivity contribution in [3.63, 3.8) is 0 Å². The van der Waals surface area contributed by atoms with E-state index in [9.17, 15) is 9.59 Å². The molecule has 7 heteroatoms. The van der Waals surface area contributed by atoms with Crippen LogP contribution in [0.1, 0.15) is 210 Å². The van der Waals surface area contributed by atoms with E-state index in [-0.39, 0.29) is 34.5 Å². The molecule has 0 aromatic carbocycles. The number of allylic oxidation sites excluding steroid dienone is 1. The smallest absolute Gasteiger partial charge is 0.306 e. The highest BCUT2D eigenvalue weighted by Crippen LogP contribution is 2.67.